The fourth-order valence-corrected chi connectivity index (χ4v) is 2.98. The lowest BCUT2D eigenvalue weighted by Gasteiger charge is -2.41. The second-order valence-corrected chi connectivity index (χ2v) is 6.16. The average molecular weight is 329 g/mol. The number of ether oxygens (including phenoxy) is 1. The van der Waals surface area contributed by atoms with Gasteiger partial charge in [0.2, 0.25) is 0 Å². The molecule has 0 bridgehead atoms. The van der Waals surface area contributed by atoms with Crippen LogP contribution < -0.4 is 10.1 Å². The summed E-state index contributed by atoms with van der Waals surface area (Å²) in [4.78, 5) is 12.0. The normalized spacial score (nSPS) is 23.0. The van der Waals surface area contributed by atoms with Crippen LogP contribution in [0.15, 0.2) is 18.2 Å². The summed E-state index contributed by atoms with van der Waals surface area (Å²) in [5.41, 5.74) is -1.79. The third-order valence-electron chi connectivity index (χ3n) is 4.60. The van der Waals surface area contributed by atoms with E-state index in [-0.39, 0.29) is 18.6 Å². The minimum atomic E-state index is -3.85. The maximum Gasteiger partial charge on any atom is 0.352 e. The van der Waals surface area contributed by atoms with E-state index in [4.69, 9.17) is 4.74 Å². The zero-order valence-electron chi connectivity index (χ0n) is 12.4. The molecule has 1 heterocycles. The molecule has 3 rings (SSSR count). The highest BCUT2D eigenvalue weighted by molar-refractivity contribution is 5.85. The van der Waals surface area contributed by atoms with Crippen molar-refractivity contribution in [3.63, 3.8) is 0 Å². The van der Waals surface area contributed by atoms with E-state index in [0.29, 0.717) is 31.4 Å². The van der Waals surface area contributed by atoms with Crippen molar-refractivity contribution in [1.29, 1.82) is 0 Å². The molecule has 1 amide bonds. The lowest BCUT2D eigenvalue weighted by atomic mass is 9.75. The first-order valence-electron chi connectivity index (χ1n) is 7.67. The van der Waals surface area contributed by atoms with Crippen LogP contribution in [0.25, 0.3) is 0 Å². The molecule has 1 aliphatic heterocycles. The topological polar surface area (TPSA) is 58.6 Å². The molecule has 1 aromatic carbocycles. The Labute approximate surface area is 131 Å². The lowest BCUT2D eigenvalue weighted by molar-refractivity contribution is -0.216. The van der Waals surface area contributed by atoms with E-state index in [1.165, 1.54) is 18.2 Å². The zero-order valence-corrected chi connectivity index (χ0v) is 12.4. The maximum atomic E-state index is 14.2. The molecule has 0 aromatic heterocycles. The summed E-state index contributed by atoms with van der Waals surface area (Å²) >= 11 is 0. The molecule has 2 aliphatic rings. The van der Waals surface area contributed by atoms with Crippen molar-refractivity contribution in [2.24, 2.45) is 0 Å². The zero-order chi connectivity index (χ0) is 16.7. The molecule has 1 fully saturated rings. The molecule has 0 spiro atoms. The summed E-state index contributed by atoms with van der Waals surface area (Å²) in [6.07, 6.45) is 1.22. The van der Waals surface area contributed by atoms with Crippen LogP contribution in [0.3, 0.4) is 0 Å². The highest BCUT2D eigenvalue weighted by Gasteiger charge is 2.61. The molecular formula is C16H18F3NO3. The van der Waals surface area contributed by atoms with Gasteiger partial charge in [-0.15, -0.1) is 0 Å². The first-order chi connectivity index (χ1) is 10.8. The van der Waals surface area contributed by atoms with Gasteiger partial charge in [-0.3, -0.25) is 4.79 Å². The van der Waals surface area contributed by atoms with Gasteiger partial charge in [-0.25, -0.2) is 4.39 Å². The van der Waals surface area contributed by atoms with E-state index >= 15 is 0 Å². The van der Waals surface area contributed by atoms with E-state index in [0.717, 1.165) is 0 Å². The van der Waals surface area contributed by atoms with E-state index in [1.54, 1.807) is 0 Å². The second-order valence-electron chi connectivity index (χ2n) is 6.16. The van der Waals surface area contributed by atoms with Gasteiger partial charge in [0.15, 0.2) is 0 Å². The Bertz CT molecular complexity index is 617. The molecule has 0 saturated heterocycles. The van der Waals surface area contributed by atoms with Crippen LogP contribution in [0.4, 0.5) is 13.2 Å². The molecule has 126 valence electrons. The van der Waals surface area contributed by atoms with Crippen molar-refractivity contribution in [2.45, 2.75) is 49.7 Å². The number of amides is 1. The van der Waals surface area contributed by atoms with E-state index in [1.807, 2.05) is 0 Å². The van der Waals surface area contributed by atoms with Crippen LogP contribution in [-0.2, 0) is 4.79 Å². The summed E-state index contributed by atoms with van der Waals surface area (Å²) in [6, 6.07) is 3.11. The van der Waals surface area contributed by atoms with E-state index < -0.39 is 29.3 Å². The van der Waals surface area contributed by atoms with Crippen LogP contribution in [0.2, 0.25) is 0 Å². The summed E-state index contributed by atoms with van der Waals surface area (Å²) in [5, 5.41) is 12.1. The van der Waals surface area contributed by atoms with Crippen LogP contribution in [0.1, 0.15) is 43.7 Å². The molecule has 1 unspecified atom stereocenters. The Morgan fingerprint density at radius 2 is 2.09 bits per heavy atom. The number of halogens is 3. The van der Waals surface area contributed by atoms with Crippen molar-refractivity contribution < 1.29 is 27.8 Å². The van der Waals surface area contributed by atoms with Crippen molar-refractivity contribution in [1.82, 2.24) is 5.32 Å². The van der Waals surface area contributed by atoms with Gasteiger partial charge in [-0.05, 0) is 38.2 Å². The number of hydrogen-bond donors (Lipinski definition) is 2. The number of aliphatic hydroxyl groups is 1. The molecule has 0 radical (unpaired) electrons. The highest BCUT2D eigenvalue weighted by Crippen LogP contribution is 2.45. The summed E-state index contributed by atoms with van der Waals surface area (Å²) < 4.78 is 47.1. The van der Waals surface area contributed by atoms with Gasteiger partial charge in [0, 0.05) is 11.6 Å². The molecule has 2 N–H and O–H groups in total. The Morgan fingerprint density at radius 3 is 2.74 bits per heavy atom. The number of alkyl halides is 2. The number of benzene rings is 1. The number of carbonyl (C=O) groups excluding carboxylic acids is 1. The minimum Gasteiger partial charge on any atom is -0.493 e. The van der Waals surface area contributed by atoms with Gasteiger partial charge in [-0.2, -0.15) is 8.78 Å². The van der Waals surface area contributed by atoms with Gasteiger partial charge >= 0.3 is 5.92 Å². The predicted molar refractivity (Wildman–Crippen MR) is 75.8 cm³/mol. The quantitative estimate of drug-likeness (QED) is 0.896. The van der Waals surface area contributed by atoms with Crippen LogP contribution >= 0.6 is 0 Å². The van der Waals surface area contributed by atoms with Crippen molar-refractivity contribution in [3.8, 4) is 5.75 Å². The monoisotopic (exact) mass is 329 g/mol. The molecule has 1 aromatic rings. The SMILES string of the molecule is O=C(NC1CCCOc2cc(F)ccc21)C(F)(F)C1(O)CCC1. The van der Waals surface area contributed by atoms with Crippen molar-refractivity contribution in [2.75, 3.05) is 6.61 Å². The third kappa shape index (κ3) is 2.78. The molecule has 1 aliphatic carbocycles. The molecule has 23 heavy (non-hydrogen) atoms. The Hall–Kier alpha value is -1.76. The minimum absolute atomic E-state index is 0.0942. The van der Waals surface area contributed by atoms with Gasteiger partial charge in [0.25, 0.3) is 5.91 Å². The van der Waals surface area contributed by atoms with Gasteiger partial charge in [-0.1, -0.05) is 6.07 Å². The molecular weight excluding hydrogens is 311 g/mol. The van der Waals surface area contributed by atoms with Gasteiger partial charge in [0.1, 0.15) is 17.2 Å². The van der Waals surface area contributed by atoms with Crippen LogP contribution in [-0.4, -0.2) is 29.1 Å². The summed E-state index contributed by atoms with van der Waals surface area (Å²) in [5.74, 6) is -5.59. The number of carbonyl (C=O) groups is 1. The van der Waals surface area contributed by atoms with E-state index in [9.17, 15) is 23.1 Å². The average Bonchev–Trinajstić information content (AvgIpc) is 2.66. The predicted octanol–water partition coefficient (Wildman–Crippen LogP) is 2.71. The summed E-state index contributed by atoms with van der Waals surface area (Å²) in [7, 11) is 0. The van der Waals surface area contributed by atoms with Crippen LogP contribution in [0.5, 0.6) is 5.75 Å². The smallest absolute Gasteiger partial charge is 0.352 e. The first kappa shape index (κ1) is 16.1. The Morgan fingerprint density at radius 1 is 1.35 bits per heavy atom. The molecule has 1 saturated carbocycles. The Balaban J connectivity index is 1.81. The molecule has 1 atom stereocenters. The van der Waals surface area contributed by atoms with Crippen LogP contribution in [0, 0.1) is 5.82 Å². The fraction of sp³-hybridized carbons (Fsp3) is 0.562. The lowest BCUT2D eigenvalue weighted by Crippen LogP contribution is -2.60. The molecule has 7 heteroatoms. The highest BCUT2D eigenvalue weighted by atomic mass is 19.3. The molecule has 4 nitrogen and oxygen atoms in total. The summed E-state index contributed by atoms with van der Waals surface area (Å²) in [6.45, 7) is 0.323. The number of nitrogens with one attached hydrogen (secondary N) is 1. The Kier molecular flexibility index (Phi) is 4.00. The number of rotatable bonds is 3. The van der Waals surface area contributed by atoms with Crippen molar-refractivity contribution in [3.05, 3.63) is 29.6 Å². The largest absolute Gasteiger partial charge is 0.493 e. The van der Waals surface area contributed by atoms with Gasteiger partial charge in [0.05, 0.1) is 12.6 Å². The fourth-order valence-electron chi connectivity index (χ4n) is 2.98. The van der Waals surface area contributed by atoms with E-state index in [2.05, 4.69) is 5.32 Å². The third-order valence-corrected chi connectivity index (χ3v) is 4.60. The number of fused-ring (bicyclic) bond motifs is 1. The van der Waals surface area contributed by atoms with Crippen molar-refractivity contribution >= 4 is 5.91 Å². The van der Waals surface area contributed by atoms with Gasteiger partial charge < -0.3 is 15.2 Å². The first-order valence-corrected chi connectivity index (χ1v) is 7.67. The number of hydrogen-bond acceptors (Lipinski definition) is 3. The maximum absolute atomic E-state index is 14.2. The second kappa shape index (κ2) is 5.70. The standard InChI is InChI=1S/C16H18F3NO3/c17-10-4-5-11-12(3-1-8-23-13(11)9-10)20-14(21)16(18,19)15(22)6-2-7-15/h4-5,9,12,22H,1-3,6-8H2,(H,20,21).